The molecule has 0 atom stereocenters. The molecule has 0 aliphatic carbocycles. The zero-order valence-electron chi connectivity index (χ0n) is 9.27. The van der Waals surface area contributed by atoms with Crippen LogP contribution >= 0.6 is 0 Å². The number of rotatable bonds is 3. The summed E-state index contributed by atoms with van der Waals surface area (Å²) in [6.07, 6.45) is 5.97. The first kappa shape index (κ1) is 11.4. The molecule has 1 aromatic carbocycles. The maximum Gasteiger partial charge on any atom is 0.246 e. The van der Waals surface area contributed by atoms with Gasteiger partial charge in [-0.25, -0.2) is 4.39 Å². The Hall–Kier alpha value is -2.10. The van der Waals surface area contributed by atoms with Crippen molar-refractivity contribution in [2.24, 2.45) is 5.73 Å². The van der Waals surface area contributed by atoms with Gasteiger partial charge in [0, 0.05) is 24.5 Å². The average molecular weight is 232 g/mol. The highest BCUT2D eigenvalue weighted by atomic mass is 19.1. The number of amides is 1. The molecular formula is C13H13FN2O. The lowest BCUT2D eigenvalue weighted by molar-refractivity contribution is -0.114. The van der Waals surface area contributed by atoms with Gasteiger partial charge in [0.15, 0.2) is 0 Å². The summed E-state index contributed by atoms with van der Waals surface area (Å²) in [5.41, 5.74) is 6.62. The van der Waals surface area contributed by atoms with Crippen molar-refractivity contribution in [3.8, 4) is 0 Å². The van der Waals surface area contributed by atoms with Crippen molar-refractivity contribution < 1.29 is 9.18 Å². The van der Waals surface area contributed by atoms with Crippen molar-refractivity contribution in [2.45, 2.75) is 13.0 Å². The number of benzene rings is 1. The Morgan fingerprint density at radius 1 is 1.47 bits per heavy atom. The Labute approximate surface area is 99.0 Å². The van der Waals surface area contributed by atoms with E-state index in [1.165, 1.54) is 12.1 Å². The number of hydrogen-bond acceptors (Lipinski definition) is 2. The Kier molecular flexibility index (Phi) is 3.23. The molecule has 1 aromatic rings. The van der Waals surface area contributed by atoms with Gasteiger partial charge in [0.25, 0.3) is 0 Å². The summed E-state index contributed by atoms with van der Waals surface area (Å²) >= 11 is 0. The lowest BCUT2D eigenvalue weighted by Crippen LogP contribution is -2.20. The molecule has 1 aliphatic heterocycles. The Morgan fingerprint density at radius 2 is 2.29 bits per heavy atom. The molecule has 0 aromatic heterocycles. The van der Waals surface area contributed by atoms with Crippen LogP contribution in [0, 0.1) is 5.82 Å². The minimum Gasteiger partial charge on any atom is -0.366 e. The van der Waals surface area contributed by atoms with E-state index in [4.69, 9.17) is 5.73 Å². The van der Waals surface area contributed by atoms with Crippen molar-refractivity contribution in [2.75, 3.05) is 0 Å². The van der Waals surface area contributed by atoms with Gasteiger partial charge in [-0.2, -0.15) is 0 Å². The Morgan fingerprint density at radius 3 is 3.00 bits per heavy atom. The maximum absolute atomic E-state index is 13.0. The lowest BCUT2D eigenvalue weighted by Gasteiger charge is -2.20. The number of halogens is 1. The predicted molar refractivity (Wildman–Crippen MR) is 63.0 cm³/mol. The summed E-state index contributed by atoms with van der Waals surface area (Å²) in [7, 11) is 0. The van der Waals surface area contributed by atoms with E-state index < -0.39 is 5.91 Å². The van der Waals surface area contributed by atoms with Crippen LogP contribution in [-0.2, 0) is 11.3 Å². The van der Waals surface area contributed by atoms with Gasteiger partial charge in [-0.15, -0.1) is 0 Å². The van der Waals surface area contributed by atoms with E-state index in [9.17, 15) is 9.18 Å². The third-order valence-electron chi connectivity index (χ3n) is 2.53. The highest BCUT2D eigenvalue weighted by molar-refractivity contribution is 5.92. The number of carbonyl (C=O) groups excluding carboxylic acids is 1. The molecule has 0 fully saturated rings. The van der Waals surface area contributed by atoms with Crippen LogP contribution in [0.4, 0.5) is 4.39 Å². The molecule has 1 aliphatic rings. The molecule has 0 unspecified atom stereocenters. The summed E-state index contributed by atoms with van der Waals surface area (Å²) in [4.78, 5) is 12.9. The van der Waals surface area contributed by atoms with Gasteiger partial charge in [0.1, 0.15) is 5.82 Å². The number of hydrogen-bond donors (Lipinski definition) is 1. The number of nitrogens with zero attached hydrogens (tertiary/aromatic N) is 1. The van der Waals surface area contributed by atoms with Crippen molar-refractivity contribution in [1.29, 1.82) is 0 Å². The first-order chi connectivity index (χ1) is 8.15. The van der Waals surface area contributed by atoms with Crippen LogP contribution in [-0.4, -0.2) is 10.8 Å². The largest absolute Gasteiger partial charge is 0.366 e. The molecule has 2 rings (SSSR count). The number of primary amides is 1. The molecule has 0 spiro atoms. The number of allylic oxidation sites excluding steroid dienone is 1. The van der Waals surface area contributed by atoms with E-state index in [1.807, 2.05) is 23.2 Å². The van der Waals surface area contributed by atoms with Gasteiger partial charge >= 0.3 is 0 Å². The van der Waals surface area contributed by atoms with Gasteiger partial charge in [0.2, 0.25) is 5.91 Å². The lowest BCUT2D eigenvalue weighted by atomic mass is 10.1. The van der Waals surface area contributed by atoms with Gasteiger partial charge in [-0.05, 0) is 24.1 Å². The second-order valence-electron chi connectivity index (χ2n) is 3.91. The smallest absolute Gasteiger partial charge is 0.246 e. The zero-order chi connectivity index (χ0) is 12.3. The van der Waals surface area contributed by atoms with Crippen LogP contribution in [0.5, 0.6) is 0 Å². The van der Waals surface area contributed by atoms with Gasteiger partial charge in [-0.3, -0.25) is 4.79 Å². The fourth-order valence-corrected chi connectivity index (χ4v) is 1.72. The van der Waals surface area contributed by atoms with E-state index in [0.29, 0.717) is 18.5 Å². The molecule has 2 N–H and O–H groups in total. The minimum absolute atomic E-state index is 0.261. The monoisotopic (exact) mass is 232 g/mol. The first-order valence-electron chi connectivity index (χ1n) is 5.32. The Balaban J connectivity index is 2.11. The van der Waals surface area contributed by atoms with Crippen LogP contribution in [0.15, 0.2) is 48.3 Å². The van der Waals surface area contributed by atoms with E-state index >= 15 is 0 Å². The maximum atomic E-state index is 13.0. The minimum atomic E-state index is -0.418. The van der Waals surface area contributed by atoms with Crippen molar-refractivity contribution in [1.82, 2.24) is 4.90 Å². The highest BCUT2D eigenvalue weighted by Gasteiger charge is 2.10. The standard InChI is InChI=1S/C13H13FN2O/c14-12-5-1-3-10(7-12)8-16-6-2-4-11(9-16)13(15)17/h1-3,5-7,9H,4,8H2,(H2,15,17). The molecular weight excluding hydrogens is 219 g/mol. The highest BCUT2D eigenvalue weighted by Crippen LogP contribution is 2.15. The summed E-state index contributed by atoms with van der Waals surface area (Å²) in [5.74, 6) is -0.679. The van der Waals surface area contributed by atoms with Crippen molar-refractivity contribution >= 4 is 5.91 Å². The van der Waals surface area contributed by atoms with Crippen molar-refractivity contribution in [3.63, 3.8) is 0 Å². The summed E-state index contributed by atoms with van der Waals surface area (Å²) in [6.45, 7) is 0.519. The predicted octanol–water partition coefficient (Wildman–Crippen LogP) is 1.91. The fourth-order valence-electron chi connectivity index (χ4n) is 1.72. The third kappa shape index (κ3) is 2.93. The van der Waals surface area contributed by atoms with E-state index in [2.05, 4.69) is 0 Å². The number of carbonyl (C=O) groups is 1. The summed E-state index contributed by atoms with van der Waals surface area (Å²) < 4.78 is 13.0. The molecule has 1 amide bonds. The summed E-state index contributed by atoms with van der Waals surface area (Å²) in [5, 5.41) is 0. The van der Waals surface area contributed by atoms with Crippen LogP contribution in [0.3, 0.4) is 0 Å². The van der Waals surface area contributed by atoms with Gasteiger partial charge in [0.05, 0.1) is 0 Å². The molecule has 88 valence electrons. The second-order valence-corrected chi connectivity index (χ2v) is 3.91. The summed E-state index contributed by atoms with van der Waals surface area (Å²) in [6, 6.07) is 6.38. The normalized spacial score (nSPS) is 14.6. The van der Waals surface area contributed by atoms with Crippen LogP contribution in [0.2, 0.25) is 0 Å². The van der Waals surface area contributed by atoms with Crippen LogP contribution in [0.25, 0.3) is 0 Å². The second kappa shape index (κ2) is 4.82. The van der Waals surface area contributed by atoms with Crippen LogP contribution in [0.1, 0.15) is 12.0 Å². The van der Waals surface area contributed by atoms with Crippen LogP contribution < -0.4 is 5.73 Å². The molecule has 0 bridgehead atoms. The van der Waals surface area contributed by atoms with E-state index in [0.717, 1.165) is 5.56 Å². The van der Waals surface area contributed by atoms with E-state index in [-0.39, 0.29) is 5.82 Å². The molecule has 0 radical (unpaired) electrons. The average Bonchev–Trinajstić information content (AvgIpc) is 2.29. The SMILES string of the molecule is NC(=O)C1=CN(Cc2cccc(F)c2)C=CC1. The fraction of sp³-hybridized carbons (Fsp3) is 0.154. The molecule has 0 saturated heterocycles. The van der Waals surface area contributed by atoms with Gasteiger partial charge < -0.3 is 10.6 Å². The number of nitrogens with two attached hydrogens (primary N) is 1. The van der Waals surface area contributed by atoms with Gasteiger partial charge in [-0.1, -0.05) is 18.2 Å². The van der Waals surface area contributed by atoms with Crippen molar-refractivity contribution in [3.05, 3.63) is 59.7 Å². The third-order valence-corrected chi connectivity index (χ3v) is 2.53. The van der Waals surface area contributed by atoms with E-state index in [1.54, 1.807) is 12.3 Å². The molecule has 3 nitrogen and oxygen atoms in total. The topological polar surface area (TPSA) is 46.3 Å². The first-order valence-corrected chi connectivity index (χ1v) is 5.32. The molecule has 17 heavy (non-hydrogen) atoms. The quantitative estimate of drug-likeness (QED) is 0.865. The molecule has 0 saturated carbocycles. The zero-order valence-corrected chi connectivity index (χ0v) is 9.27. The molecule has 4 heteroatoms. The molecule has 1 heterocycles. The Bertz CT molecular complexity index is 494.